The van der Waals surface area contributed by atoms with Crippen molar-refractivity contribution in [2.24, 2.45) is 5.73 Å². The largest absolute Gasteiger partial charge is 0.497 e. The summed E-state index contributed by atoms with van der Waals surface area (Å²) in [5.74, 6) is 1.59. The van der Waals surface area contributed by atoms with Crippen LogP contribution in [0.4, 0.5) is 0 Å². The van der Waals surface area contributed by atoms with Crippen molar-refractivity contribution in [3.8, 4) is 11.5 Å². The van der Waals surface area contributed by atoms with Crippen LogP contribution in [0.2, 0.25) is 0 Å². The highest BCUT2D eigenvalue weighted by Gasteiger charge is 2.09. The average Bonchev–Trinajstić information content (AvgIpc) is 2.34. The Hall–Kier alpha value is -1.48. The Bertz CT molecular complexity index is 361. The van der Waals surface area contributed by atoms with Crippen LogP contribution < -0.4 is 15.2 Å². The molecule has 0 aliphatic heterocycles. The summed E-state index contributed by atoms with van der Waals surface area (Å²) in [6, 6.07) is 5.68. The van der Waals surface area contributed by atoms with Crippen LogP contribution in [0.15, 0.2) is 30.9 Å². The van der Waals surface area contributed by atoms with Gasteiger partial charge in [0.15, 0.2) is 0 Å². The molecule has 0 aromatic heterocycles. The number of benzene rings is 1. The minimum absolute atomic E-state index is 0.0460. The molecule has 1 aromatic rings. The van der Waals surface area contributed by atoms with E-state index in [1.165, 1.54) is 0 Å². The summed E-state index contributed by atoms with van der Waals surface area (Å²) in [6.07, 6.45) is 3.80. The quantitative estimate of drug-likeness (QED) is 0.583. The van der Waals surface area contributed by atoms with E-state index in [1.54, 1.807) is 7.11 Å². The number of unbranched alkanes of at least 4 members (excludes halogenated alkanes) is 1. The molecule has 3 nitrogen and oxygen atoms in total. The van der Waals surface area contributed by atoms with Crippen LogP contribution >= 0.6 is 0 Å². The van der Waals surface area contributed by atoms with E-state index in [9.17, 15) is 0 Å². The number of ether oxygens (including phenoxy) is 2. The molecule has 0 fully saturated rings. The van der Waals surface area contributed by atoms with Gasteiger partial charge >= 0.3 is 0 Å². The molecule has 0 saturated carbocycles. The zero-order chi connectivity index (χ0) is 12.7. The van der Waals surface area contributed by atoms with Crippen molar-refractivity contribution in [2.75, 3.05) is 13.7 Å². The molecule has 2 N–H and O–H groups in total. The molecule has 0 saturated heterocycles. The van der Waals surface area contributed by atoms with Gasteiger partial charge in [-0.1, -0.05) is 12.1 Å². The molecule has 0 aliphatic carbocycles. The number of methoxy groups -OCH3 is 1. The van der Waals surface area contributed by atoms with Crippen molar-refractivity contribution < 1.29 is 9.47 Å². The fourth-order valence-corrected chi connectivity index (χ4v) is 1.55. The van der Waals surface area contributed by atoms with Gasteiger partial charge in [-0.05, 0) is 25.8 Å². The first kappa shape index (κ1) is 13.6. The van der Waals surface area contributed by atoms with Crippen LogP contribution in [0.3, 0.4) is 0 Å². The van der Waals surface area contributed by atoms with Gasteiger partial charge in [-0.25, -0.2) is 0 Å². The van der Waals surface area contributed by atoms with E-state index in [0.29, 0.717) is 6.61 Å². The van der Waals surface area contributed by atoms with Crippen LogP contribution in [0.1, 0.15) is 31.4 Å². The lowest BCUT2D eigenvalue weighted by molar-refractivity contribution is 0.305. The third-order valence-corrected chi connectivity index (χ3v) is 2.52. The lowest BCUT2D eigenvalue weighted by Crippen LogP contribution is -2.08. The van der Waals surface area contributed by atoms with E-state index in [-0.39, 0.29) is 6.04 Å². The van der Waals surface area contributed by atoms with Crippen molar-refractivity contribution in [1.82, 2.24) is 0 Å². The first-order chi connectivity index (χ1) is 8.19. The van der Waals surface area contributed by atoms with E-state index >= 15 is 0 Å². The summed E-state index contributed by atoms with van der Waals surface area (Å²) >= 11 is 0. The van der Waals surface area contributed by atoms with E-state index in [0.717, 1.165) is 29.9 Å². The lowest BCUT2D eigenvalue weighted by atomic mass is 10.1. The van der Waals surface area contributed by atoms with Gasteiger partial charge in [0.1, 0.15) is 11.5 Å². The molecule has 0 unspecified atom stereocenters. The fraction of sp³-hybridized carbons (Fsp3) is 0.429. The van der Waals surface area contributed by atoms with Gasteiger partial charge in [0.2, 0.25) is 0 Å². The highest BCUT2D eigenvalue weighted by molar-refractivity contribution is 5.42. The Morgan fingerprint density at radius 1 is 1.47 bits per heavy atom. The zero-order valence-electron chi connectivity index (χ0n) is 10.6. The molecule has 0 spiro atoms. The molecule has 0 aliphatic rings. The zero-order valence-corrected chi connectivity index (χ0v) is 10.6. The highest BCUT2D eigenvalue weighted by Crippen LogP contribution is 2.28. The summed E-state index contributed by atoms with van der Waals surface area (Å²) in [5.41, 5.74) is 6.90. The Morgan fingerprint density at radius 3 is 2.82 bits per heavy atom. The third-order valence-electron chi connectivity index (χ3n) is 2.52. The molecule has 0 radical (unpaired) electrons. The molecule has 17 heavy (non-hydrogen) atoms. The molecule has 0 amide bonds. The molecule has 3 heteroatoms. The molecule has 1 atom stereocenters. The van der Waals surface area contributed by atoms with Gasteiger partial charge in [0.25, 0.3) is 0 Å². The van der Waals surface area contributed by atoms with Crippen LogP contribution in [0, 0.1) is 0 Å². The minimum atomic E-state index is -0.0460. The van der Waals surface area contributed by atoms with Gasteiger partial charge in [0.05, 0.1) is 13.7 Å². The molecule has 1 aromatic carbocycles. The van der Waals surface area contributed by atoms with Crippen LogP contribution in [-0.4, -0.2) is 13.7 Å². The molecule has 1 rings (SSSR count). The summed E-state index contributed by atoms with van der Waals surface area (Å²) in [5, 5.41) is 0. The standard InChI is InChI=1S/C14H21NO2/c1-4-5-6-9-17-14-10-12(16-3)7-8-13(14)11(2)15/h4,7-8,10-11H,1,5-6,9,15H2,2-3H3/t11-/m0/s1. The van der Waals surface area contributed by atoms with Gasteiger partial charge < -0.3 is 15.2 Å². The first-order valence-corrected chi connectivity index (χ1v) is 5.86. The van der Waals surface area contributed by atoms with E-state index < -0.39 is 0 Å². The monoisotopic (exact) mass is 235 g/mol. The smallest absolute Gasteiger partial charge is 0.127 e. The number of hydrogen-bond donors (Lipinski definition) is 1. The average molecular weight is 235 g/mol. The maximum absolute atomic E-state index is 5.90. The van der Waals surface area contributed by atoms with E-state index in [4.69, 9.17) is 15.2 Å². The maximum atomic E-state index is 5.90. The predicted molar refractivity (Wildman–Crippen MR) is 70.5 cm³/mol. The predicted octanol–water partition coefficient (Wildman–Crippen LogP) is 3.06. The second-order valence-corrected chi connectivity index (χ2v) is 3.97. The Morgan fingerprint density at radius 2 is 2.24 bits per heavy atom. The number of rotatable bonds is 7. The van der Waals surface area contributed by atoms with Crippen LogP contribution in [0.5, 0.6) is 11.5 Å². The lowest BCUT2D eigenvalue weighted by Gasteiger charge is -2.15. The van der Waals surface area contributed by atoms with Crippen molar-refractivity contribution in [3.63, 3.8) is 0 Å². The number of hydrogen-bond acceptors (Lipinski definition) is 3. The van der Waals surface area contributed by atoms with Crippen molar-refractivity contribution >= 4 is 0 Å². The summed E-state index contributed by atoms with van der Waals surface area (Å²) in [7, 11) is 1.64. The Balaban J connectivity index is 2.74. The fourth-order valence-electron chi connectivity index (χ4n) is 1.55. The first-order valence-electron chi connectivity index (χ1n) is 5.86. The van der Waals surface area contributed by atoms with Crippen molar-refractivity contribution in [2.45, 2.75) is 25.8 Å². The summed E-state index contributed by atoms with van der Waals surface area (Å²) < 4.78 is 10.9. The highest BCUT2D eigenvalue weighted by atomic mass is 16.5. The minimum Gasteiger partial charge on any atom is -0.497 e. The van der Waals surface area contributed by atoms with E-state index in [1.807, 2.05) is 31.2 Å². The summed E-state index contributed by atoms with van der Waals surface area (Å²) in [4.78, 5) is 0. The number of allylic oxidation sites excluding steroid dienone is 1. The van der Waals surface area contributed by atoms with Crippen LogP contribution in [-0.2, 0) is 0 Å². The molecule has 94 valence electrons. The topological polar surface area (TPSA) is 44.5 Å². The van der Waals surface area contributed by atoms with Gasteiger partial charge in [0, 0.05) is 17.7 Å². The Labute approximate surface area is 103 Å². The van der Waals surface area contributed by atoms with Gasteiger partial charge in [-0.3, -0.25) is 0 Å². The molecular formula is C14H21NO2. The Kier molecular flexibility index (Phi) is 5.57. The van der Waals surface area contributed by atoms with Crippen molar-refractivity contribution in [1.29, 1.82) is 0 Å². The second kappa shape index (κ2) is 6.97. The van der Waals surface area contributed by atoms with E-state index in [2.05, 4.69) is 6.58 Å². The molecule has 0 bridgehead atoms. The van der Waals surface area contributed by atoms with Crippen LogP contribution in [0.25, 0.3) is 0 Å². The van der Waals surface area contributed by atoms with Gasteiger partial charge in [-0.2, -0.15) is 0 Å². The number of nitrogens with two attached hydrogens (primary N) is 1. The maximum Gasteiger partial charge on any atom is 0.127 e. The normalized spacial score (nSPS) is 11.9. The van der Waals surface area contributed by atoms with Crippen molar-refractivity contribution in [3.05, 3.63) is 36.4 Å². The molecular weight excluding hydrogens is 214 g/mol. The second-order valence-electron chi connectivity index (χ2n) is 3.97. The van der Waals surface area contributed by atoms with Gasteiger partial charge in [-0.15, -0.1) is 6.58 Å². The molecule has 0 heterocycles. The third kappa shape index (κ3) is 4.11. The summed E-state index contributed by atoms with van der Waals surface area (Å²) in [6.45, 7) is 6.29. The SMILES string of the molecule is C=CCCCOc1cc(OC)ccc1[C@H](C)N.